The smallest absolute Gasteiger partial charge is 0.203 e. The lowest BCUT2D eigenvalue weighted by Gasteiger charge is -2.18. The summed E-state index contributed by atoms with van der Waals surface area (Å²) in [5.41, 5.74) is 5.58. The van der Waals surface area contributed by atoms with Gasteiger partial charge in [0.2, 0.25) is 5.75 Å². The van der Waals surface area contributed by atoms with Gasteiger partial charge in [-0.2, -0.15) is 0 Å². The van der Waals surface area contributed by atoms with Crippen LogP contribution in [0.25, 0.3) is 28.0 Å². The molecule has 3 heterocycles. The number of benzene rings is 2. The average molecular weight is 515 g/mol. The predicted octanol–water partition coefficient (Wildman–Crippen LogP) is 5.64. The Balaban J connectivity index is 1.52. The predicted molar refractivity (Wildman–Crippen MR) is 143 cm³/mol. The minimum Gasteiger partial charge on any atom is -0.493 e. The first-order valence-electron chi connectivity index (χ1n) is 11.9. The molecule has 0 aliphatic carbocycles. The van der Waals surface area contributed by atoms with Crippen molar-refractivity contribution >= 4 is 11.3 Å². The lowest BCUT2D eigenvalue weighted by Crippen LogP contribution is -2.12. The summed E-state index contributed by atoms with van der Waals surface area (Å²) in [5.74, 6) is 1.12. The molecule has 8 nitrogen and oxygen atoms in total. The Morgan fingerprint density at radius 2 is 1.66 bits per heavy atom. The van der Waals surface area contributed by atoms with Crippen LogP contribution in [0.1, 0.15) is 17.5 Å². The molecule has 2 N–H and O–H groups in total. The van der Waals surface area contributed by atoms with E-state index < -0.39 is 6.23 Å². The van der Waals surface area contributed by atoms with Crippen LogP contribution in [-0.2, 0) is 0 Å². The highest BCUT2D eigenvalue weighted by Crippen LogP contribution is 2.40. The zero-order valence-electron chi connectivity index (χ0n) is 21.4. The van der Waals surface area contributed by atoms with Crippen LogP contribution in [0.4, 0.5) is 10.1 Å². The summed E-state index contributed by atoms with van der Waals surface area (Å²) in [4.78, 5) is 9.03. The number of imidazole rings is 1. The molecule has 5 rings (SSSR count). The van der Waals surface area contributed by atoms with E-state index in [-0.39, 0.29) is 5.82 Å². The summed E-state index contributed by atoms with van der Waals surface area (Å²) in [6.45, 7) is 1.73. The van der Waals surface area contributed by atoms with Crippen LogP contribution in [0.15, 0.2) is 73.2 Å². The van der Waals surface area contributed by atoms with Crippen molar-refractivity contribution in [1.82, 2.24) is 14.4 Å². The van der Waals surface area contributed by atoms with Gasteiger partial charge in [-0.05, 0) is 48.9 Å². The van der Waals surface area contributed by atoms with Crippen LogP contribution in [0, 0.1) is 12.7 Å². The van der Waals surface area contributed by atoms with Crippen molar-refractivity contribution in [2.24, 2.45) is 0 Å². The Bertz CT molecular complexity index is 1590. The molecule has 9 heteroatoms. The zero-order valence-corrected chi connectivity index (χ0v) is 21.4. The number of methoxy groups -OCH3 is 3. The fraction of sp³-hybridized carbons (Fsp3) is 0.172. The topological polar surface area (TPSA) is 90.1 Å². The first-order valence-corrected chi connectivity index (χ1v) is 11.9. The van der Waals surface area contributed by atoms with Gasteiger partial charge < -0.3 is 24.6 Å². The molecule has 0 radical (unpaired) electrons. The molecule has 1 unspecified atom stereocenters. The Morgan fingerprint density at radius 3 is 2.34 bits per heavy atom. The highest BCUT2D eigenvalue weighted by molar-refractivity contribution is 5.81. The molecule has 0 saturated carbocycles. The van der Waals surface area contributed by atoms with Gasteiger partial charge in [0.1, 0.15) is 11.5 Å². The second-order valence-electron chi connectivity index (χ2n) is 8.65. The van der Waals surface area contributed by atoms with Gasteiger partial charge in [0.25, 0.3) is 0 Å². The number of ether oxygens (including phenoxy) is 3. The van der Waals surface area contributed by atoms with E-state index in [0.29, 0.717) is 39.8 Å². The van der Waals surface area contributed by atoms with Gasteiger partial charge in [0.15, 0.2) is 17.7 Å². The number of pyridine rings is 2. The van der Waals surface area contributed by atoms with E-state index in [2.05, 4.69) is 15.3 Å². The molecule has 0 fully saturated rings. The third kappa shape index (κ3) is 4.59. The molecule has 2 aromatic carbocycles. The van der Waals surface area contributed by atoms with Crippen LogP contribution >= 0.6 is 0 Å². The number of hydrogen-bond donors (Lipinski definition) is 2. The normalized spacial score (nSPS) is 11.8. The number of halogens is 1. The number of hydrogen-bond acceptors (Lipinski definition) is 7. The lowest BCUT2D eigenvalue weighted by molar-refractivity contribution is 0.202. The van der Waals surface area contributed by atoms with Crippen molar-refractivity contribution in [2.75, 3.05) is 26.6 Å². The zero-order chi connectivity index (χ0) is 26.8. The summed E-state index contributed by atoms with van der Waals surface area (Å²) < 4.78 is 31.9. The number of aromatic nitrogens is 3. The number of nitrogens with zero attached hydrogens (tertiary/aromatic N) is 3. The van der Waals surface area contributed by atoms with Crippen molar-refractivity contribution in [3.63, 3.8) is 0 Å². The average Bonchev–Trinajstić information content (AvgIpc) is 3.37. The summed E-state index contributed by atoms with van der Waals surface area (Å²) in [6.07, 6.45) is 4.12. The van der Waals surface area contributed by atoms with E-state index in [1.54, 1.807) is 43.6 Å². The molecule has 194 valence electrons. The Morgan fingerprint density at radius 1 is 0.921 bits per heavy atom. The number of nitrogens with one attached hydrogen (secondary N) is 1. The SMILES string of the molecule is COc1cc(NC(O)c2cnc3ccc(-c4cccnc4-c4ccc(F)c(C)c4)cn23)cc(OC)c1OC. The first kappa shape index (κ1) is 25.0. The van der Waals surface area contributed by atoms with E-state index in [4.69, 9.17) is 14.2 Å². The minimum absolute atomic E-state index is 0.260. The number of rotatable bonds is 8. The molecule has 0 aliphatic rings. The van der Waals surface area contributed by atoms with E-state index in [9.17, 15) is 9.50 Å². The quantitative estimate of drug-likeness (QED) is 0.259. The number of fused-ring (bicyclic) bond motifs is 1. The standard InChI is InChI=1S/C29H27FN4O4/c1-17-12-18(7-9-22(17)30)27-21(6-5-11-31-27)19-8-10-26-32-15-23(34(26)16-19)29(35)33-20-13-24(36-2)28(38-4)25(14-20)37-3/h5-16,29,33,35H,1-4H3. The third-order valence-corrected chi connectivity index (χ3v) is 6.33. The van der Waals surface area contributed by atoms with E-state index >= 15 is 0 Å². The number of aliphatic hydroxyl groups is 1. The van der Waals surface area contributed by atoms with E-state index in [0.717, 1.165) is 22.4 Å². The molecule has 0 aliphatic heterocycles. The molecular weight excluding hydrogens is 487 g/mol. The van der Waals surface area contributed by atoms with Crippen LogP contribution in [0.5, 0.6) is 17.2 Å². The molecule has 5 aromatic rings. The number of aryl methyl sites for hydroxylation is 1. The lowest BCUT2D eigenvalue weighted by atomic mass is 9.99. The Hall–Kier alpha value is -4.63. The molecule has 38 heavy (non-hydrogen) atoms. The number of anilines is 1. The second-order valence-corrected chi connectivity index (χ2v) is 8.65. The number of aliphatic hydroxyl groups excluding tert-OH is 1. The van der Waals surface area contributed by atoms with Gasteiger partial charge in [-0.3, -0.25) is 9.38 Å². The first-order chi connectivity index (χ1) is 18.4. The largest absolute Gasteiger partial charge is 0.493 e. The molecular formula is C29H27FN4O4. The van der Waals surface area contributed by atoms with Crippen molar-refractivity contribution in [2.45, 2.75) is 13.2 Å². The highest BCUT2D eigenvalue weighted by atomic mass is 19.1. The van der Waals surface area contributed by atoms with Gasteiger partial charge in [0, 0.05) is 46.9 Å². The Labute approximate surface area is 219 Å². The Kier molecular flexibility index (Phi) is 6.85. The fourth-order valence-electron chi connectivity index (χ4n) is 4.42. The van der Waals surface area contributed by atoms with Crippen molar-refractivity contribution < 1.29 is 23.7 Å². The molecule has 3 aromatic heterocycles. The molecule has 0 spiro atoms. The second kappa shape index (κ2) is 10.4. The monoisotopic (exact) mass is 514 g/mol. The van der Waals surface area contributed by atoms with E-state index in [1.165, 1.54) is 27.4 Å². The van der Waals surface area contributed by atoms with Crippen LogP contribution < -0.4 is 19.5 Å². The van der Waals surface area contributed by atoms with Crippen molar-refractivity contribution in [3.05, 3.63) is 90.3 Å². The maximum absolute atomic E-state index is 13.9. The van der Waals surface area contributed by atoms with Gasteiger partial charge in [0.05, 0.1) is 38.9 Å². The van der Waals surface area contributed by atoms with Gasteiger partial charge >= 0.3 is 0 Å². The van der Waals surface area contributed by atoms with Crippen LogP contribution in [-0.4, -0.2) is 40.8 Å². The summed E-state index contributed by atoms with van der Waals surface area (Å²) >= 11 is 0. The fourth-order valence-corrected chi connectivity index (χ4v) is 4.42. The van der Waals surface area contributed by atoms with E-state index in [1.807, 2.05) is 34.9 Å². The molecule has 1 atom stereocenters. The molecule has 0 bridgehead atoms. The summed E-state index contributed by atoms with van der Waals surface area (Å²) in [5, 5.41) is 14.2. The highest BCUT2D eigenvalue weighted by Gasteiger charge is 2.18. The maximum atomic E-state index is 13.9. The molecule has 0 amide bonds. The van der Waals surface area contributed by atoms with Crippen molar-refractivity contribution in [3.8, 4) is 39.6 Å². The third-order valence-electron chi connectivity index (χ3n) is 6.33. The van der Waals surface area contributed by atoms with Gasteiger partial charge in [-0.15, -0.1) is 0 Å². The van der Waals surface area contributed by atoms with Crippen LogP contribution in [0.3, 0.4) is 0 Å². The van der Waals surface area contributed by atoms with Crippen LogP contribution in [0.2, 0.25) is 0 Å². The van der Waals surface area contributed by atoms with Gasteiger partial charge in [-0.25, -0.2) is 9.37 Å². The maximum Gasteiger partial charge on any atom is 0.203 e. The summed E-state index contributed by atoms with van der Waals surface area (Å²) in [7, 11) is 4.59. The van der Waals surface area contributed by atoms with Gasteiger partial charge in [-0.1, -0.05) is 6.07 Å². The minimum atomic E-state index is -1.10. The van der Waals surface area contributed by atoms with Crippen molar-refractivity contribution in [1.29, 1.82) is 0 Å². The summed E-state index contributed by atoms with van der Waals surface area (Å²) in [6, 6.07) is 16.0. The molecule has 0 saturated heterocycles.